The lowest BCUT2D eigenvalue weighted by Gasteiger charge is -2.11. The van der Waals surface area contributed by atoms with E-state index in [9.17, 15) is 4.79 Å². The number of thioether (sulfide) groups is 2. The van der Waals surface area contributed by atoms with Gasteiger partial charge in [0.15, 0.2) is 5.65 Å². The van der Waals surface area contributed by atoms with Crippen LogP contribution in [0.15, 0.2) is 42.7 Å². The molecule has 0 unspecified atom stereocenters. The minimum absolute atomic E-state index is 0.152. The van der Waals surface area contributed by atoms with Crippen molar-refractivity contribution in [2.24, 2.45) is 0 Å². The zero-order valence-corrected chi connectivity index (χ0v) is 16.3. The topological polar surface area (TPSA) is 59.8 Å². The summed E-state index contributed by atoms with van der Waals surface area (Å²) in [6, 6.07) is 10.2. The first-order chi connectivity index (χ1) is 12.6. The minimum Gasteiger partial charge on any atom is -0.322 e. The van der Waals surface area contributed by atoms with Crippen LogP contribution in [0.5, 0.6) is 0 Å². The highest BCUT2D eigenvalue weighted by atomic mass is 32.2. The van der Waals surface area contributed by atoms with Gasteiger partial charge in [0.05, 0.1) is 16.3 Å². The van der Waals surface area contributed by atoms with E-state index >= 15 is 0 Å². The second-order valence-electron chi connectivity index (χ2n) is 6.47. The average Bonchev–Trinajstić information content (AvgIpc) is 3.31. The minimum atomic E-state index is -0.152. The van der Waals surface area contributed by atoms with Gasteiger partial charge in [-0.05, 0) is 37.6 Å². The molecule has 7 heteroatoms. The predicted molar refractivity (Wildman–Crippen MR) is 110 cm³/mol. The van der Waals surface area contributed by atoms with E-state index in [-0.39, 0.29) is 11.9 Å². The van der Waals surface area contributed by atoms with Gasteiger partial charge in [-0.2, -0.15) is 5.10 Å². The van der Waals surface area contributed by atoms with Crippen molar-refractivity contribution >= 4 is 46.2 Å². The summed E-state index contributed by atoms with van der Waals surface area (Å²) < 4.78 is 2.32. The number of pyridine rings is 1. The van der Waals surface area contributed by atoms with Gasteiger partial charge in [-0.3, -0.25) is 4.79 Å². The molecule has 1 aliphatic rings. The van der Waals surface area contributed by atoms with Gasteiger partial charge in [0.2, 0.25) is 0 Å². The summed E-state index contributed by atoms with van der Waals surface area (Å²) in [7, 11) is 0. The molecule has 0 bridgehead atoms. The summed E-state index contributed by atoms with van der Waals surface area (Å²) in [4.78, 5) is 17.1. The summed E-state index contributed by atoms with van der Waals surface area (Å²) in [5.74, 6) is 2.21. The Morgan fingerprint density at radius 2 is 2.04 bits per heavy atom. The molecule has 5 nitrogen and oxygen atoms in total. The monoisotopic (exact) mass is 384 g/mol. The number of nitrogens with zero attached hydrogens (tertiary/aromatic N) is 3. The first-order valence-electron chi connectivity index (χ1n) is 8.59. The fourth-order valence-corrected chi connectivity index (χ4v) is 5.80. The molecule has 0 aliphatic carbocycles. The largest absolute Gasteiger partial charge is 0.322 e. The molecule has 0 atom stereocenters. The Balaban J connectivity index is 1.54. The number of carbonyl (C=O) groups is 1. The van der Waals surface area contributed by atoms with Crippen molar-refractivity contribution in [3.05, 3.63) is 53.9 Å². The lowest BCUT2D eigenvalue weighted by Crippen LogP contribution is -2.12. The Kier molecular flexibility index (Phi) is 4.91. The molecule has 0 saturated carbocycles. The molecule has 2 aromatic heterocycles. The SMILES string of the molecule is CC(C)n1ncc2cc(C(=O)Nc3cccc(C4SCCS4)c3)cnc21. The van der Waals surface area contributed by atoms with E-state index in [2.05, 4.69) is 41.4 Å². The summed E-state index contributed by atoms with van der Waals surface area (Å²) in [6.45, 7) is 4.12. The van der Waals surface area contributed by atoms with Crippen LogP contribution >= 0.6 is 23.5 Å². The van der Waals surface area contributed by atoms with Crippen LogP contribution in [0.25, 0.3) is 11.0 Å². The lowest BCUT2D eigenvalue weighted by molar-refractivity contribution is 0.102. The number of amides is 1. The van der Waals surface area contributed by atoms with Gasteiger partial charge in [-0.25, -0.2) is 9.67 Å². The highest BCUT2D eigenvalue weighted by Gasteiger charge is 2.19. The Bertz CT molecular complexity index is 948. The maximum atomic E-state index is 12.6. The van der Waals surface area contributed by atoms with Crippen LogP contribution in [-0.4, -0.2) is 32.2 Å². The standard InChI is InChI=1S/C19H20N4OS2/c1-12(2)23-17-14(11-21-23)8-15(10-20-17)18(24)22-16-5-3-4-13(9-16)19-25-6-7-26-19/h3-5,8-12,19H,6-7H2,1-2H3,(H,22,24). The molecule has 3 heterocycles. The quantitative estimate of drug-likeness (QED) is 0.704. The zero-order valence-electron chi connectivity index (χ0n) is 14.7. The van der Waals surface area contributed by atoms with Gasteiger partial charge in [-0.1, -0.05) is 12.1 Å². The Hall–Kier alpha value is -1.99. The summed E-state index contributed by atoms with van der Waals surface area (Å²) in [5.41, 5.74) is 3.41. The van der Waals surface area contributed by atoms with Crippen LogP contribution in [0.3, 0.4) is 0 Å². The van der Waals surface area contributed by atoms with Crippen LogP contribution in [0.4, 0.5) is 5.69 Å². The number of anilines is 1. The van der Waals surface area contributed by atoms with Gasteiger partial charge in [0.1, 0.15) is 0 Å². The lowest BCUT2D eigenvalue weighted by atomic mass is 10.2. The third-order valence-corrected chi connectivity index (χ3v) is 7.33. The third kappa shape index (κ3) is 3.46. The smallest absolute Gasteiger partial charge is 0.257 e. The molecule has 3 aromatic rings. The first-order valence-corrected chi connectivity index (χ1v) is 10.7. The number of rotatable bonds is 4. The molecular weight excluding hydrogens is 364 g/mol. The molecule has 1 fully saturated rings. The number of fused-ring (bicyclic) bond motifs is 1. The predicted octanol–water partition coefficient (Wildman–Crippen LogP) is 4.74. The molecule has 0 radical (unpaired) electrons. The normalized spacial score (nSPS) is 15.0. The Labute approximate surface area is 161 Å². The molecule has 1 amide bonds. The first kappa shape index (κ1) is 17.4. The Morgan fingerprint density at radius 3 is 2.81 bits per heavy atom. The van der Waals surface area contributed by atoms with Crippen LogP contribution in [0.1, 0.15) is 40.4 Å². The van der Waals surface area contributed by atoms with E-state index in [1.54, 1.807) is 12.4 Å². The third-order valence-electron chi connectivity index (χ3n) is 4.22. The Morgan fingerprint density at radius 1 is 1.23 bits per heavy atom. The van der Waals surface area contributed by atoms with Crippen LogP contribution in [-0.2, 0) is 0 Å². The molecule has 4 rings (SSSR count). The van der Waals surface area contributed by atoms with Gasteiger partial charge >= 0.3 is 0 Å². The number of benzene rings is 1. The average molecular weight is 385 g/mol. The van der Waals surface area contributed by atoms with Crippen LogP contribution in [0, 0.1) is 0 Å². The number of carbonyl (C=O) groups excluding carboxylic acids is 1. The van der Waals surface area contributed by atoms with E-state index in [0.717, 1.165) is 16.7 Å². The summed E-state index contributed by atoms with van der Waals surface area (Å²) in [6.07, 6.45) is 3.37. The van der Waals surface area contributed by atoms with E-state index in [1.165, 1.54) is 17.1 Å². The van der Waals surface area contributed by atoms with Crippen LogP contribution in [0.2, 0.25) is 0 Å². The second kappa shape index (κ2) is 7.32. The highest BCUT2D eigenvalue weighted by molar-refractivity contribution is 8.19. The maximum absolute atomic E-state index is 12.6. The fraction of sp³-hybridized carbons (Fsp3) is 0.316. The van der Waals surface area contributed by atoms with Crippen molar-refractivity contribution in [1.29, 1.82) is 0 Å². The van der Waals surface area contributed by atoms with Crippen molar-refractivity contribution in [2.45, 2.75) is 24.5 Å². The molecule has 26 heavy (non-hydrogen) atoms. The van der Waals surface area contributed by atoms with Gasteiger partial charge in [0, 0.05) is 34.8 Å². The molecule has 1 saturated heterocycles. The molecule has 134 valence electrons. The van der Waals surface area contributed by atoms with E-state index in [0.29, 0.717) is 10.1 Å². The second-order valence-corrected chi connectivity index (χ2v) is 9.20. The van der Waals surface area contributed by atoms with Gasteiger partial charge < -0.3 is 5.32 Å². The van der Waals surface area contributed by atoms with E-state index in [4.69, 9.17) is 0 Å². The highest BCUT2D eigenvalue weighted by Crippen LogP contribution is 2.45. The fourth-order valence-electron chi connectivity index (χ4n) is 2.96. The van der Waals surface area contributed by atoms with Crippen molar-refractivity contribution < 1.29 is 4.79 Å². The molecule has 1 N–H and O–H groups in total. The molecule has 1 aliphatic heterocycles. The number of aromatic nitrogens is 3. The summed E-state index contributed by atoms with van der Waals surface area (Å²) in [5, 5.41) is 8.22. The maximum Gasteiger partial charge on any atom is 0.257 e. The molecule has 1 aromatic carbocycles. The van der Waals surface area contributed by atoms with Crippen molar-refractivity contribution in [3.63, 3.8) is 0 Å². The molecule has 0 spiro atoms. The number of hydrogen-bond acceptors (Lipinski definition) is 5. The van der Waals surface area contributed by atoms with Gasteiger partial charge in [0.25, 0.3) is 5.91 Å². The van der Waals surface area contributed by atoms with E-state index < -0.39 is 0 Å². The summed E-state index contributed by atoms with van der Waals surface area (Å²) >= 11 is 3.91. The van der Waals surface area contributed by atoms with Crippen molar-refractivity contribution in [3.8, 4) is 0 Å². The van der Waals surface area contributed by atoms with E-state index in [1.807, 2.05) is 46.4 Å². The van der Waals surface area contributed by atoms with Crippen LogP contribution < -0.4 is 5.32 Å². The zero-order chi connectivity index (χ0) is 18.1. The van der Waals surface area contributed by atoms with Crippen molar-refractivity contribution in [2.75, 3.05) is 16.8 Å². The number of nitrogens with one attached hydrogen (secondary N) is 1. The molecular formula is C19H20N4OS2. The van der Waals surface area contributed by atoms with Crippen molar-refractivity contribution in [1.82, 2.24) is 14.8 Å². The number of hydrogen-bond donors (Lipinski definition) is 1. The van der Waals surface area contributed by atoms with Gasteiger partial charge in [-0.15, -0.1) is 23.5 Å².